The number of hydrogen-bond acceptors (Lipinski definition) is 2. The van der Waals surface area contributed by atoms with Gasteiger partial charge in [-0.3, -0.25) is 4.98 Å². The Labute approximate surface area is 244 Å². The predicted octanol–water partition coefficient (Wildman–Crippen LogP) is 10.6. The summed E-state index contributed by atoms with van der Waals surface area (Å²) in [5, 5.41) is 4.79. The lowest BCUT2D eigenvalue weighted by Gasteiger charge is -2.14. The van der Waals surface area contributed by atoms with Crippen LogP contribution in [0, 0.1) is 0 Å². The quantitative estimate of drug-likeness (QED) is 0.210. The third kappa shape index (κ3) is 4.22. The largest absolute Gasteiger partial charge is 0.256 e. The van der Waals surface area contributed by atoms with Crippen LogP contribution < -0.4 is 0 Å². The Hall–Kier alpha value is -5.60. The maximum atomic E-state index is 5.09. The molecule has 0 aliphatic rings. The fourth-order valence-corrected chi connectivity index (χ4v) is 6.01. The number of nitrogens with zero attached hydrogens (tertiary/aromatic N) is 2. The first-order valence-electron chi connectivity index (χ1n) is 14.2. The molecule has 6 aromatic carbocycles. The zero-order valence-electron chi connectivity index (χ0n) is 22.9. The number of rotatable bonds is 4. The second-order valence-corrected chi connectivity index (χ2v) is 10.6. The second kappa shape index (κ2) is 10.1. The summed E-state index contributed by atoms with van der Waals surface area (Å²) in [6.07, 6.45) is 1.86. The van der Waals surface area contributed by atoms with Crippen molar-refractivity contribution in [2.75, 3.05) is 0 Å². The van der Waals surface area contributed by atoms with Gasteiger partial charge in [-0.25, -0.2) is 4.98 Å². The minimum atomic E-state index is 0.982. The highest BCUT2D eigenvalue weighted by atomic mass is 14.7. The summed E-state index contributed by atoms with van der Waals surface area (Å²) < 4.78 is 0. The molecule has 2 aromatic heterocycles. The van der Waals surface area contributed by atoms with Crippen molar-refractivity contribution in [2.45, 2.75) is 0 Å². The molecule has 8 rings (SSSR count). The van der Waals surface area contributed by atoms with Gasteiger partial charge in [-0.05, 0) is 56.8 Å². The number of hydrogen-bond donors (Lipinski definition) is 0. The van der Waals surface area contributed by atoms with Gasteiger partial charge in [-0.2, -0.15) is 0 Å². The summed E-state index contributed by atoms with van der Waals surface area (Å²) in [5.41, 5.74) is 11.2. The topological polar surface area (TPSA) is 25.8 Å². The predicted molar refractivity (Wildman–Crippen MR) is 176 cm³/mol. The van der Waals surface area contributed by atoms with E-state index >= 15 is 0 Å². The molecule has 0 aliphatic carbocycles. The summed E-state index contributed by atoms with van der Waals surface area (Å²) in [5.74, 6) is 0. The molecule has 0 radical (unpaired) electrons. The van der Waals surface area contributed by atoms with Crippen LogP contribution in [0.25, 0.3) is 77.2 Å². The van der Waals surface area contributed by atoms with Gasteiger partial charge in [0.15, 0.2) is 0 Å². The first-order chi connectivity index (χ1) is 20.8. The van der Waals surface area contributed by atoms with E-state index in [1.165, 1.54) is 44.0 Å². The Balaban J connectivity index is 1.21. The van der Waals surface area contributed by atoms with Crippen LogP contribution in [0.2, 0.25) is 0 Å². The second-order valence-electron chi connectivity index (χ2n) is 10.6. The number of pyridine rings is 2. The number of para-hydroxylation sites is 1. The molecule has 0 atom stereocenters. The number of aromatic nitrogens is 2. The smallest absolute Gasteiger partial charge is 0.0780 e. The van der Waals surface area contributed by atoms with E-state index in [0.717, 1.165) is 33.2 Å². The van der Waals surface area contributed by atoms with Crippen LogP contribution in [0.15, 0.2) is 158 Å². The van der Waals surface area contributed by atoms with Crippen LogP contribution in [-0.2, 0) is 0 Å². The van der Waals surface area contributed by atoms with Crippen molar-refractivity contribution in [3.8, 4) is 44.6 Å². The molecule has 0 spiro atoms. The standard InChI is InChI=1S/C40H26N2/c1-2-9-32(10-3-1)38-26-36(39-34-13-5-4-8-29(34)23-24-37(39)42-38)31-21-17-28(18-22-31)27-15-19-30(20-16-27)35-14-6-11-33-12-7-25-41-40(33)35/h1-26H. The van der Waals surface area contributed by atoms with Crippen LogP contribution in [0.1, 0.15) is 0 Å². The molecule has 0 fully saturated rings. The van der Waals surface area contributed by atoms with Gasteiger partial charge in [0, 0.05) is 28.1 Å². The van der Waals surface area contributed by atoms with Gasteiger partial charge in [0.2, 0.25) is 0 Å². The van der Waals surface area contributed by atoms with Crippen molar-refractivity contribution in [2.24, 2.45) is 0 Å². The Morgan fingerprint density at radius 3 is 1.83 bits per heavy atom. The Morgan fingerprint density at radius 2 is 1.05 bits per heavy atom. The Kier molecular flexibility index (Phi) is 5.82. The SMILES string of the molecule is c1ccc(-c2cc(-c3ccc(-c4ccc(-c5cccc6cccnc56)cc4)cc3)c3c(ccc4ccccc43)n2)cc1. The molecular formula is C40H26N2. The first-order valence-corrected chi connectivity index (χ1v) is 14.2. The lowest BCUT2D eigenvalue weighted by molar-refractivity contribution is 1.40. The van der Waals surface area contributed by atoms with E-state index in [2.05, 4.69) is 145 Å². The minimum absolute atomic E-state index is 0.982. The molecule has 0 amide bonds. The number of benzene rings is 6. The highest BCUT2D eigenvalue weighted by molar-refractivity contribution is 6.13. The Morgan fingerprint density at radius 1 is 0.405 bits per heavy atom. The Bertz CT molecular complexity index is 2210. The zero-order chi connectivity index (χ0) is 27.9. The van der Waals surface area contributed by atoms with Crippen molar-refractivity contribution in [1.82, 2.24) is 9.97 Å². The molecule has 0 saturated carbocycles. The molecule has 2 heterocycles. The van der Waals surface area contributed by atoms with Crippen LogP contribution in [0.3, 0.4) is 0 Å². The molecule has 196 valence electrons. The molecule has 2 nitrogen and oxygen atoms in total. The minimum Gasteiger partial charge on any atom is -0.256 e. The van der Waals surface area contributed by atoms with Crippen LogP contribution in [0.5, 0.6) is 0 Å². The van der Waals surface area contributed by atoms with Crippen molar-refractivity contribution < 1.29 is 0 Å². The molecule has 0 N–H and O–H groups in total. The van der Waals surface area contributed by atoms with Gasteiger partial charge in [0.05, 0.1) is 16.7 Å². The van der Waals surface area contributed by atoms with E-state index in [9.17, 15) is 0 Å². The fraction of sp³-hybridized carbons (Fsp3) is 0. The van der Waals surface area contributed by atoms with Gasteiger partial charge in [-0.1, -0.05) is 133 Å². The van der Waals surface area contributed by atoms with Crippen molar-refractivity contribution >= 4 is 32.6 Å². The fourth-order valence-electron chi connectivity index (χ4n) is 6.01. The molecule has 8 aromatic rings. The van der Waals surface area contributed by atoms with E-state index in [-0.39, 0.29) is 0 Å². The van der Waals surface area contributed by atoms with Crippen molar-refractivity contribution in [1.29, 1.82) is 0 Å². The molecule has 0 unspecified atom stereocenters. The third-order valence-corrected chi connectivity index (χ3v) is 8.13. The average molecular weight is 535 g/mol. The summed E-state index contributed by atoms with van der Waals surface area (Å²) in [6.45, 7) is 0. The van der Waals surface area contributed by atoms with Gasteiger partial charge < -0.3 is 0 Å². The first kappa shape index (κ1) is 24.2. The number of fused-ring (bicyclic) bond motifs is 4. The lowest BCUT2D eigenvalue weighted by atomic mass is 9.93. The summed E-state index contributed by atoms with van der Waals surface area (Å²) >= 11 is 0. The van der Waals surface area contributed by atoms with Gasteiger partial charge >= 0.3 is 0 Å². The van der Waals surface area contributed by atoms with E-state index in [4.69, 9.17) is 4.98 Å². The van der Waals surface area contributed by atoms with Gasteiger partial charge in [-0.15, -0.1) is 0 Å². The maximum absolute atomic E-state index is 5.09. The summed E-state index contributed by atoms with van der Waals surface area (Å²) in [6, 6.07) is 53.7. The molecule has 0 bridgehead atoms. The van der Waals surface area contributed by atoms with Gasteiger partial charge in [0.25, 0.3) is 0 Å². The van der Waals surface area contributed by atoms with Gasteiger partial charge in [0.1, 0.15) is 0 Å². The van der Waals surface area contributed by atoms with Crippen LogP contribution >= 0.6 is 0 Å². The molecular weight excluding hydrogens is 508 g/mol. The monoisotopic (exact) mass is 534 g/mol. The molecule has 0 aliphatic heterocycles. The van der Waals surface area contributed by atoms with Crippen LogP contribution in [-0.4, -0.2) is 9.97 Å². The van der Waals surface area contributed by atoms with Crippen LogP contribution in [0.4, 0.5) is 0 Å². The van der Waals surface area contributed by atoms with Crippen molar-refractivity contribution in [3.63, 3.8) is 0 Å². The molecule has 0 saturated heterocycles. The van der Waals surface area contributed by atoms with Crippen molar-refractivity contribution in [3.05, 3.63) is 158 Å². The maximum Gasteiger partial charge on any atom is 0.0780 e. The van der Waals surface area contributed by atoms with E-state index < -0.39 is 0 Å². The summed E-state index contributed by atoms with van der Waals surface area (Å²) in [4.78, 5) is 9.73. The highest BCUT2D eigenvalue weighted by Crippen LogP contribution is 2.37. The van der Waals surface area contributed by atoms with E-state index in [1.807, 2.05) is 18.3 Å². The normalized spacial score (nSPS) is 11.3. The molecule has 2 heteroatoms. The van der Waals surface area contributed by atoms with E-state index in [0.29, 0.717) is 0 Å². The average Bonchev–Trinajstić information content (AvgIpc) is 3.08. The zero-order valence-corrected chi connectivity index (χ0v) is 22.9. The van der Waals surface area contributed by atoms with E-state index in [1.54, 1.807) is 0 Å². The highest BCUT2D eigenvalue weighted by Gasteiger charge is 2.13. The third-order valence-electron chi connectivity index (χ3n) is 8.13. The lowest BCUT2D eigenvalue weighted by Crippen LogP contribution is -1.91. The molecule has 42 heavy (non-hydrogen) atoms. The summed E-state index contributed by atoms with van der Waals surface area (Å²) in [7, 11) is 0.